The maximum atomic E-state index is 12.5. The van der Waals surface area contributed by atoms with Gasteiger partial charge < -0.3 is 0 Å². The summed E-state index contributed by atoms with van der Waals surface area (Å²) in [5, 5.41) is 1.03. The van der Waals surface area contributed by atoms with Crippen molar-refractivity contribution >= 4 is 31.6 Å². The number of aryl methyl sites for hydroxylation is 1. The molecule has 0 fully saturated rings. The van der Waals surface area contributed by atoms with Crippen molar-refractivity contribution in [3.63, 3.8) is 0 Å². The molecule has 0 spiro atoms. The van der Waals surface area contributed by atoms with Gasteiger partial charge in [0.2, 0.25) is 10.0 Å². The van der Waals surface area contributed by atoms with Crippen molar-refractivity contribution in [2.45, 2.75) is 18.4 Å². The van der Waals surface area contributed by atoms with Gasteiger partial charge >= 0.3 is 0 Å². The third kappa shape index (κ3) is 3.90. The predicted molar refractivity (Wildman–Crippen MR) is 108 cm³/mol. The lowest BCUT2D eigenvalue weighted by Gasteiger charge is -2.08. The van der Waals surface area contributed by atoms with Gasteiger partial charge in [-0.15, -0.1) is 11.3 Å². The zero-order chi connectivity index (χ0) is 18.9. The minimum absolute atomic E-state index is 0.229. The lowest BCUT2D eigenvalue weighted by atomic mass is 10.1. The number of thiazole rings is 1. The fourth-order valence-electron chi connectivity index (χ4n) is 2.81. The molecule has 2 aromatic heterocycles. The Kier molecular flexibility index (Phi) is 4.73. The van der Waals surface area contributed by atoms with Crippen LogP contribution < -0.4 is 4.72 Å². The SMILES string of the molecule is Cc1nc2cc(-c3ccc(S(=O)(=O)NCc4ccncc4)cc3)ccc2s1. The molecule has 2 aromatic carbocycles. The molecule has 2 heterocycles. The van der Waals surface area contributed by atoms with Gasteiger partial charge in [-0.3, -0.25) is 4.98 Å². The van der Waals surface area contributed by atoms with Gasteiger partial charge in [-0.2, -0.15) is 0 Å². The summed E-state index contributed by atoms with van der Waals surface area (Å²) in [6.45, 7) is 2.22. The van der Waals surface area contributed by atoms with E-state index in [1.54, 1.807) is 48.0 Å². The molecule has 0 saturated carbocycles. The van der Waals surface area contributed by atoms with Crippen molar-refractivity contribution in [3.8, 4) is 11.1 Å². The van der Waals surface area contributed by atoms with Crippen molar-refractivity contribution in [1.82, 2.24) is 14.7 Å². The first-order valence-corrected chi connectivity index (χ1v) is 10.7. The maximum Gasteiger partial charge on any atom is 0.240 e. The summed E-state index contributed by atoms with van der Waals surface area (Å²) in [7, 11) is -3.57. The lowest BCUT2D eigenvalue weighted by Crippen LogP contribution is -2.23. The first kappa shape index (κ1) is 17.8. The van der Waals surface area contributed by atoms with E-state index in [0.717, 1.165) is 31.9 Å². The van der Waals surface area contributed by atoms with E-state index in [1.807, 2.05) is 31.2 Å². The zero-order valence-corrected chi connectivity index (χ0v) is 16.2. The van der Waals surface area contributed by atoms with Crippen molar-refractivity contribution in [2.75, 3.05) is 0 Å². The molecule has 4 rings (SSSR count). The minimum Gasteiger partial charge on any atom is -0.265 e. The zero-order valence-electron chi connectivity index (χ0n) is 14.6. The number of sulfonamides is 1. The molecule has 0 aliphatic heterocycles. The number of fused-ring (bicyclic) bond motifs is 1. The Balaban J connectivity index is 1.55. The van der Waals surface area contributed by atoms with Gasteiger partial charge in [-0.25, -0.2) is 18.1 Å². The summed E-state index contributed by atoms with van der Waals surface area (Å²) in [5.41, 5.74) is 3.79. The van der Waals surface area contributed by atoms with Gasteiger partial charge in [0.1, 0.15) is 0 Å². The molecular weight excluding hydrogens is 378 g/mol. The number of hydrogen-bond acceptors (Lipinski definition) is 5. The van der Waals surface area contributed by atoms with E-state index in [4.69, 9.17) is 0 Å². The van der Waals surface area contributed by atoms with Crippen LogP contribution in [-0.4, -0.2) is 18.4 Å². The van der Waals surface area contributed by atoms with Crippen molar-refractivity contribution in [3.05, 3.63) is 77.6 Å². The second kappa shape index (κ2) is 7.19. The molecule has 0 aliphatic rings. The van der Waals surface area contributed by atoms with E-state index in [1.165, 1.54) is 0 Å². The van der Waals surface area contributed by atoms with Crippen LogP contribution >= 0.6 is 11.3 Å². The van der Waals surface area contributed by atoms with Crippen LogP contribution in [0.2, 0.25) is 0 Å². The van der Waals surface area contributed by atoms with Gasteiger partial charge in [-0.05, 0) is 60.0 Å². The Morgan fingerprint density at radius 2 is 1.67 bits per heavy atom. The summed E-state index contributed by atoms with van der Waals surface area (Å²) in [6.07, 6.45) is 3.28. The van der Waals surface area contributed by atoms with E-state index in [-0.39, 0.29) is 11.4 Å². The van der Waals surface area contributed by atoms with E-state index >= 15 is 0 Å². The highest BCUT2D eigenvalue weighted by atomic mass is 32.2. The first-order chi connectivity index (χ1) is 13.0. The third-order valence-corrected chi connectivity index (χ3v) is 6.58. The van der Waals surface area contributed by atoms with E-state index in [9.17, 15) is 8.42 Å². The number of aromatic nitrogens is 2. The Morgan fingerprint density at radius 3 is 2.41 bits per heavy atom. The van der Waals surface area contributed by atoms with Crippen LogP contribution in [0.4, 0.5) is 0 Å². The first-order valence-electron chi connectivity index (χ1n) is 8.37. The summed E-state index contributed by atoms with van der Waals surface area (Å²) in [4.78, 5) is 8.68. The lowest BCUT2D eigenvalue weighted by molar-refractivity contribution is 0.581. The van der Waals surface area contributed by atoms with Gasteiger partial charge in [0.05, 0.1) is 20.1 Å². The number of pyridine rings is 1. The Hall–Kier alpha value is -2.61. The molecule has 0 aliphatic carbocycles. The molecule has 0 bridgehead atoms. The van der Waals surface area contributed by atoms with Gasteiger partial charge in [0.15, 0.2) is 0 Å². The number of nitrogens with zero attached hydrogens (tertiary/aromatic N) is 2. The standard InChI is InChI=1S/C20H17N3O2S2/c1-14-23-19-12-17(4-7-20(19)26-14)16-2-5-18(6-3-16)27(24,25)22-13-15-8-10-21-11-9-15/h2-12,22H,13H2,1H3. The summed E-state index contributed by atoms with van der Waals surface area (Å²) < 4.78 is 28.8. The van der Waals surface area contributed by atoms with Crippen LogP contribution in [0.1, 0.15) is 10.6 Å². The second-order valence-corrected chi connectivity index (χ2v) is 9.12. The van der Waals surface area contributed by atoms with E-state index < -0.39 is 10.0 Å². The molecule has 5 nitrogen and oxygen atoms in total. The number of benzene rings is 2. The van der Waals surface area contributed by atoms with Crippen LogP contribution in [0.3, 0.4) is 0 Å². The number of nitrogens with one attached hydrogen (secondary N) is 1. The molecule has 0 atom stereocenters. The van der Waals surface area contributed by atoms with E-state index in [0.29, 0.717) is 0 Å². The van der Waals surface area contributed by atoms with Crippen molar-refractivity contribution in [1.29, 1.82) is 0 Å². The Bertz CT molecular complexity index is 1190. The largest absolute Gasteiger partial charge is 0.265 e. The van der Waals surface area contributed by atoms with Crippen LogP contribution in [0.15, 0.2) is 71.9 Å². The minimum atomic E-state index is -3.57. The molecule has 7 heteroatoms. The highest BCUT2D eigenvalue weighted by molar-refractivity contribution is 7.89. The molecule has 0 radical (unpaired) electrons. The highest BCUT2D eigenvalue weighted by Crippen LogP contribution is 2.28. The fraction of sp³-hybridized carbons (Fsp3) is 0.100. The van der Waals surface area contributed by atoms with Crippen LogP contribution in [0, 0.1) is 6.92 Å². The Morgan fingerprint density at radius 1 is 0.963 bits per heavy atom. The second-order valence-electron chi connectivity index (χ2n) is 6.12. The van der Waals surface area contributed by atoms with Gasteiger partial charge in [-0.1, -0.05) is 18.2 Å². The smallest absolute Gasteiger partial charge is 0.240 e. The maximum absolute atomic E-state index is 12.5. The fourth-order valence-corrected chi connectivity index (χ4v) is 4.64. The Labute approximate surface area is 161 Å². The van der Waals surface area contributed by atoms with Gasteiger partial charge in [0.25, 0.3) is 0 Å². The average molecular weight is 396 g/mol. The number of hydrogen-bond donors (Lipinski definition) is 1. The highest BCUT2D eigenvalue weighted by Gasteiger charge is 2.14. The predicted octanol–water partition coefficient (Wildman–Crippen LogP) is 4.15. The summed E-state index contributed by atoms with van der Waals surface area (Å²) in [5.74, 6) is 0. The molecule has 4 aromatic rings. The van der Waals surface area contributed by atoms with Crippen LogP contribution in [0.25, 0.3) is 21.3 Å². The molecule has 1 N–H and O–H groups in total. The molecule has 0 unspecified atom stereocenters. The molecular formula is C20H17N3O2S2. The van der Waals surface area contributed by atoms with Crippen LogP contribution in [-0.2, 0) is 16.6 Å². The normalized spacial score (nSPS) is 11.7. The van der Waals surface area contributed by atoms with Crippen molar-refractivity contribution in [2.24, 2.45) is 0 Å². The molecule has 136 valence electrons. The quantitative estimate of drug-likeness (QED) is 0.551. The molecule has 0 amide bonds. The third-order valence-electron chi connectivity index (χ3n) is 4.21. The van der Waals surface area contributed by atoms with Crippen LogP contribution in [0.5, 0.6) is 0 Å². The number of rotatable bonds is 5. The van der Waals surface area contributed by atoms with Crippen molar-refractivity contribution < 1.29 is 8.42 Å². The molecule has 0 saturated heterocycles. The summed E-state index contributed by atoms with van der Waals surface area (Å²) in [6, 6.07) is 16.6. The average Bonchev–Trinajstić information content (AvgIpc) is 3.06. The monoisotopic (exact) mass is 395 g/mol. The van der Waals surface area contributed by atoms with Gasteiger partial charge in [0, 0.05) is 18.9 Å². The van der Waals surface area contributed by atoms with E-state index in [2.05, 4.69) is 20.8 Å². The molecule has 27 heavy (non-hydrogen) atoms. The topological polar surface area (TPSA) is 72.0 Å². The summed E-state index contributed by atoms with van der Waals surface area (Å²) >= 11 is 1.66.